The zero-order valence-corrected chi connectivity index (χ0v) is 13.0. The van der Waals surface area contributed by atoms with Crippen molar-refractivity contribution in [3.05, 3.63) is 11.8 Å². The van der Waals surface area contributed by atoms with E-state index in [9.17, 15) is 9.00 Å². The van der Waals surface area contributed by atoms with Crippen LogP contribution in [0.4, 0.5) is 10.6 Å². The van der Waals surface area contributed by atoms with Gasteiger partial charge in [0.15, 0.2) is 0 Å². The van der Waals surface area contributed by atoms with Gasteiger partial charge in [0.25, 0.3) is 0 Å². The van der Waals surface area contributed by atoms with Gasteiger partial charge in [-0.1, -0.05) is 12.8 Å². The van der Waals surface area contributed by atoms with Crippen LogP contribution in [0, 0.1) is 0 Å². The lowest BCUT2D eigenvalue weighted by molar-refractivity contribution is 0.243. The van der Waals surface area contributed by atoms with Gasteiger partial charge in [0, 0.05) is 30.6 Å². The molecule has 0 aromatic carbocycles. The Balaban J connectivity index is 2.06. The molecule has 1 aliphatic heterocycles. The lowest BCUT2D eigenvalue weighted by atomic mass is 10.1. The van der Waals surface area contributed by atoms with E-state index in [-0.39, 0.29) is 12.1 Å². The SMILES string of the molecule is CS(=O)c1ncc2c(n1)N(C1CCCC1)C(=O)NCCC2. The third-order valence-electron chi connectivity index (χ3n) is 4.11. The van der Waals surface area contributed by atoms with E-state index >= 15 is 0 Å². The van der Waals surface area contributed by atoms with Crippen molar-refractivity contribution in [2.45, 2.75) is 49.7 Å². The van der Waals surface area contributed by atoms with Gasteiger partial charge in [0.1, 0.15) is 5.82 Å². The molecular formula is C14H20N4O2S. The first-order valence-corrected chi connectivity index (χ1v) is 8.99. The average Bonchev–Trinajstić information content (AvgIpc) is 2.96. The van der Waals surface area contributed by atoms with Crippen molar-refractivity contribution in [2.75, 3.05) is 17.7 Å². The van der Waals surface area contributed by atoms with E-state index in [0.717, 1.165) is 44.1 Å². The molecule has 1 aromatic heterocycles. The predicted octanol–water partition coefficient (Wildman–Crippen LogP) is 1.62. The summed E-state index contributed by atoms with van der Waals surface area (Å²) in [7, 11) is -1.25. The maximum Gasteiger partial charge on any atom is 0.323 e. The summed E-state index contributed by atoms with van der Waals surface area (Å²) in [6.45, 7) is 0.670. The number of fused-ring (bicyclic) bond motifs is 1. The molecule has 6 nitrogen and oxygen atoms in total. The number of carbonyl (C=O) groups is 1. The highest BCUT2D eigenvalue weighted by molar-refractivity contribution is 7.84. The summed E-state index contributed by atoms with van der Waals surface area (Å²) in [5, 5.41) is 3.25. The minimum absolute atomic E-state index is 0.0885. The van der Waals surface area contributed by atoms with Crippen LogP contribution in [0.2, 0.25) is 0 Å². The average molecular weight is 308 g/mol. The van der Waals surface area contributed by atoms with Gasteiger partial charge in [-0.15, -0.1) is 0 Å². The highest BCUT2D eigenvalue weighted by atomic mass is 32.2. The molecular weight excluding hydrogens is 288 g/mol. The van der Waals surface area contributed by atoms with Crippen molar-refractivity contribution in [3.63, 3.8) is 0 Å². The van der Waals surface area contributed by atoms with Crippen LogP contribution in [-0.2, 0) is 17.2 Å². The minimum atomic E-state index is -1.25. The molecule has 1 aliphatic carbocycles. The Morgan fingerprint density at radius 2 is 2.10 bits per heavy atom. The van der Waals surface area contributed by atoms with Gasteiger partial charge in [-0.2, -0.15) is 0 Å². The number of hydrogen-bond acceptors (Lipinski definition) is 4. The van der Waals surface area contributed by atoms with Crippen LogP contribution in [0.3, 0.4) is 0 Å². The summed E-state index contributed by atoms with van der Waals surface area (Å²) in [5.74, 6) is 0.652. The summed E-state index contributed by atoms with van der Waals surface area (Å²) >= 11 is 0. The Morgan fingerprint density at radius 3 is 2.81 bits per heavy atom. The third-order valence-corrected chi connectivity index (χ3v) is 4.82. The van der Waals surface area contributed by atoms with E-state index < -0.39 is 10.8 Å². The van der Waals surface area contributed by atoms with Gasteiger partial charge in [0.05, 0.1) is 10.8 Å². The Hall–Kier alpha value is -1.50. The molecule has 2 heterocycles. The summed E-state index contributed by atoms with van der Waals surface area (Å²) in [6, 6.07) is 0.101. The van der Waals surface area contributed by atoms with Crippen molar-refractivity contribution < 1.29 is 9.00 Å². The van der Waals surface area contributed by atoms with Gasteiger partial charge in [0.2, 0.25) is 5.16 Å². The first-order chi connectivity index (χ1) is 10.2. The van der Waals surface area contributed by atoms with E-state index in [0.29, 0.717) is 17.5 Å². The van der Waals surface area contributed by atoms with Crippen molar-refractivity contribution in [3.8, 4) is 0 Å². The number of nitrogens with zero attached hydrogens (tertiary/aromatic N) is 3. The molecule has 1 fully saturated rings. The van der Waals surface area contributed by atoms with Gasteiger partial charge >= 0.3 is 6.03 Å². The molecule has 2 amide bonds. The number of anilines is 1. The molecule has 0 spiro atoms. The normalized spacial score (nSPS) is 21.4. The molecule has 1 aromatic rings. The van der Waals surface area contributed by atoms with Gasteiger partial charge in [-0.3, -0.25) is 9.11 Å². The van der Waals surface area contributed by atoms with E-state index in [1.54, 1.807) is 17.4 Å². The van der Waals surface area contributed by atoms with E-state index in [2.05, 4.69) is 15.3 Å². The monoisotopic (exact) mass is 308 g/mol. The Labute approximate surface area is 126 Å². The minimum Gasteiger partial charge on any atom is -0.338 e. The van der Waals surface area contributed by atoms with E-state index in [4.69, 9.17) is 0 Å². The molecule has 1 N–H and O–H groups in total. The Bertz CT molecular complexity index is 572. The van der Waals surface area contributed by atoms with E-state index in [1.807, 2.05) is 0 Å². The number of aromatic nitrogens is 2. The highest BCUT2D eigenvalue weighted by Gasteiger charge is 2.32. The third kappa shape index (κ3) is 2.92. The first kappa shape index (κ1) is 14.4. The summed E-state index contributed by atoms with van der Waals surface area (Å²) in [6.07, 6.45) is 9.28. The number of aryl methyl sites for hydroxylation is 1. The lowest BCUT2D eigenvalue weighted by Gasteiger charge is -2.31. The Morgan fingerprint density at radius 1 is 1.33 bits per heavy atom. The van der Waals surface area contributed by atoms with Crippen molar-refractivity contribution >= 4 is 22.6 Å². The molecule has 114 valence electrons. The predicted molar refractivity (Wildman–Crippen MR) is 80.8 cm³/mol. The number of urea groups is 1. The summed E-state index contributed by atoms with van der Waals surface area (Å²) in [4.78, 5) is 22.9. The molecule has 0 bridgehead atoms. The fraction of sp³-hybridized carbons (Fsp3) is 0.643. The molecule has 1 atom stereocenters. The number of carbonyl (C=O) groups excluding carboxylic acids is 1. The van der Waals surface area contributed by atoms with Gasteiger partial charge in [-0.05, 0) is 25.7 Å². The van der Waals surface area contributed by atoms with Crippen LogP contribution in [0.25, 0.3) is 0 Å². The van der Waals surface area contributed by atoms with Crippen molar-refractivity contribution in [1.29, 1.82) is 0 Å². The lowest BCUT2D eigenvalue weighted by Crippen LogP contribution is -2.47. The largest absolute Gasteiger partial charge is 0.338 e. The van der Waals surface area contributed by atoms with Crippen LogP contribution in [0.1, 0.15) is 37.7 Å². The first-order valence-electron chi connectivity index (χ1n) is 7.43. The Kier molecular flexibility index (Phi) is 4.19. The molecule has 0 saturated heterocycles. The van der Waals surface area contributed by atoms with Crippen LogP contribution < -0.4 is 10.2 Å². The molecule has 1 saturated carbocycles. The fourth-order valence-corrected chi connectivity index (χ4v) is 3.48. The zero-order chi connectivity index (χ0) is 14.8. The maximum atomic E-state index is 12.5. The summed E-state index contributed by atoms with van der Waals surface area (Å²) in [5.41, 5.74) is 0.978. The second kappa shape index (κ2) is 6.09. The maximum absolute atomic E-state index is 12.5. The van der Waals surface area contributed by atoms with Crippen LogP contribution in [0.5, 0.6) is 0 Å². The van der Waals surface area contributed by atoms with Crippen molar-refractivity contribution in [2.24, 2.45) is 0 Å². The van der Waals surface area contributed by atoms with E-state index in [1.165, 1.54) is 0 Å². The second-order valence-electron chi connectivity index (χ2n) is 5.60. The molecule has 0 radical (unpaired) electrons. The molecule has 2 aliphatic rings. The number of rotatable bonds is 2. The van der Waals surface area contributed by atoms with Crippen molar-refractivity contribution in [1.82, 2.24) is 15.3 Å². The number of hydrogen-bond donors (Lipinski definition) is 1. The summed E-state index contributed by atoms with van der Waals surface area (Å²) < 4.78 is 11.7. The molecule has 1 unspecified atom stereocenters. The molecule has 3 rings (SSSR count). The zero-order valence-electron chi connectivity index (χ0n) is 12.2. The van der Waals surface area contributed by atoms with Gasteiger partial charge in [-0.25, -0.2) is 14.8 Å². The smallest absolute Gasteiger partial charge is 0.323 e. The highest BCUT2D eigenvalue weighted by Crippen LogP contribution is 2.30. The quantitative estimate of drug-likeness (QED) is 0.842. The number of nitrogens with one attached hydrogen (secondary N) is 1. The molecule has 7 heteroatoms. The van der Waals surface area contributed by atoms with Crippen LogP contribution in [-0.4, -0.2) is 39.1 Å². The number of amides is 2. The topological polar surface area (TPSA) is 75.2 Å². The standard InChI is InChI=1S/C14H20N4O2S/c1-21(20)13-16-9-10-5-4-8-15-14(19)18(12(10)17-13)11-6-2-3-7-11/h9,11H,2-8H2,1H3,(H,15,19). The molecule has 21 heavy (non-hydrogen) atoms. The van der Waals surface area contributed by atoms with Gasteiger partial charge < -0.3 is 5.32 Å². The van der Waals surface area contributed by atoms with Crippen LogP contribution in [0.15, 0.2) is 11.4 Å². The second-order valence-corrected chi connectivity index (χ2v) is 6.87. The fourth-order valence-electron chi connectivity index (χ4n) is 3.06. The van der Waals surface area contributed by atoms with Crippen LogP contribution >= 0.6 is 0 Å².